The molecular formula is C13H14O3S2. The highest BCUT2D eigenvalue weighted by atomic mass is 32.2. The molecule has 0 bridgehead atoms. The van der Waals surface area contributed by atoms with E-state index in [1.165, 1.54) is 18.3 Å². The van der Waals surface area contributed by atoms with E-state index in [1.807, 2.05) is 29.6 Å². The molecule has 2 rings (SSSR count). The normalized spacial score (nSPS) is 14.6. The van der Waals surface area contributed by atoms with Gasteiger partial charge in [0.2, 0.25) is 0 Å². The van der Waals surface area contributed by atoms with Crippen LogP contribution >= 0.6 is 23.1 Å². The molecular weight excluding hydrogens is 268 g/mol. The lowest BCUT2D eigenvalue weighted by Gasteiger charge is -2.16. The van der Waals surface area contributed by atoms with Crippen molar-refractivity contribution in [2.75, 3.05) is 5.75 Å². The third-order valence-electron chi connectivity index (χ3n) is 2.65. The Hall–Kier alpha value is -0.880. The molecule has 0 fully saturated rings. The Labute approximate surface area is 113 Å². The fourth-order valence-corrected chi connectivity index (χ4v) is 3.31. The topological polar surface area (TPSA) is 57.5 Å². The molecule has 5 heteroatoms. The fourth-order valence-electron chi connectivity index (χ4n) is 1.73. The van der Waals surface area contributed by atoms with Crippen molar-refractivity contribution in [2.45, 2.75) is 19.1 Å². The van der Waals surface area contributed by atoms with Gasteiger partial charge in [0.25, 0.3) is 0 Å². The molecule has 0 aliphatic rings. The van der Waals surface area contributed by atoms with E-state index in [9.17, 15) is 15.0 Å². The number of benzene rings is 1. The van der Waals surface area contributed by atoms with Gasteiger partial charge in [-0.1, -0.05) is 30.0 Å². The number of thiophene rings is 1. The zero-order valence-electron chi connectivity index (χ0n) is 9.87. The van der Waals surface area contributed by atoms with E-state index < -0.39 is 12.2 Å². The van der Waals surface area contributed by atoms with Gasteiger partial charge in [-0.25, -0.2) is 0 Å². The van der Waals surface area contributed by atoms with Gasteiger partial charge in [0.05, 0.1) is 6.10 Å². The lowest BCUT2D eigenvalue weighted by molar-refractivity contribution is -0.109. The average molecular weight is 282 g/mol. The summed E-state index contributed by atoms with van der Waals surface area (Å²) in [4.78, 5) is 10.8. The molecule has 0 aliphatic carbocycles. The van der Waals surface area contributed by atoms with Crippen LogP contribution < -0.4 is 0 Å². The molecule has 2 N–H and O–H groups in total. The van der Waals surface area contributed by atoms with Crippen molar-refractivity contribution in [1.82, 2.24) is 0 Å². The van der Waals surface area contributed by atoms with Gasteiger partial charge in [-0.05, 0) is 16.8 Å². The third-order valence-corrected chi connectivity index (χ3v) is 4.55. The van der Waals surface area contributed by atoms with Gasteiger partial charge in [0.1, 0.15) is 6.10 Å². The summed E-state index contributed by atoms with van der Waals surface area (Å²) in [5.74, 6) is 0.209. The van der Waals surface area contributed by atoms with Crippen molar-refractivity contribution in [2.24, 2.45) is 0 Å². The van der Waals surface area contributed by atoms with Crippen LogP contribution in [0.4, 0.5) is 0 Å². The van der Waals surface area contributed by atoms with Gasteiger partial charge < -0.3 is 10.2 Å². The molecule has 0 saturated heterocycles. The molecule has 0 spiro atoms. The third kappa shape index (κ3) is 2.92. The molecule has 0 amide bonds. The first-order valence-electron chi connectivity index (χ1n) is 5.55. The second kappa shape index (κ2) is 5.84. The monoisotopic (exact) mass is 282 g/mol. The summed E-state index contributed by atoms with van der Waals surface area (Å²) in [5.41, 5.74) is 0.729. The summed E-state index contributed by atoms with van der Waals surface area (Å²) in [6, 6.07) is 7.75. The summed E-state index contributed by atoms with van der Waals surface area (Å²) in [7, 11) is 0. The van der Waals surface area contributed by atoms with Crippen molar-refractivity contribution >= 4 is 38.3 Å². The zero-order chi connectivity index (χ0) is 13.1. The molecule has 0 aliphatic heterocycles. The quantitative estimate of drug-likeness (QED) is 0.905. The van der Waals surface area contributed by atoms with Crippen LogP contribution in [-0.4, -0.2) is 27.2 Å². The largest absolute Gasteiger partial charge is 0.389 e. The van der Waals surface area contributed by atoms with Crippen LogP contribution in [0, 0.1) is 0 Å². The number of hydrogen-bond donors (Lipinski definition) is 2. The van der Waals surface area contributed by atoms with Crippen LogP contribution in [0.2, 0.25) is 0 Å². The Kier molecular flexibility index (Phi) is 4.40. The Morgan fingerprint density at radius 2 is 2.11 bits per heavy atom. The van der Waals surface area contributed by atoms with Gasteiger partial charge in [-0.2, -0.15) is 0 Å². The van der Waals surface area contributed by atoms with Crippen LogP contribution in [0.15, 0.2) is 29.6 Å². The van der Waals surface area contributed by atoms with E-state index in [1.54, 1.807) is 0 Å². The molecule has 0 saturated carbocycles. The van der Waals surface area contributed by atoms with Crippen molar-refractivity contribution in [1.29, 1.82) is 0 Å². The number of carbonyl (C=O) groups is 1. The SMILES string of the molecule is CC(=O)SCC(O)C(O)c1csc2ccccc12. The van der Waals surface area contributed by atoms with Crippen LogP contribution in [-0.2, 0) is 4.79 Å². The lowest BCUT2D eigenvalue weighted by atomic mass is 10.0. The average Bonchev–Trinajstić information content (AvgIpc) is 2.78. The molecule has 2 aromatic rings. The van der Waals surface area contributed by atoms with E-state index in [4.69, 9.17) is 0 Å². The lowest BCUT2D eigenvalue weighted by Crippen LogP contribution is -2.21. The molecule has 2 atom stereocenters. The van der Waals surface area contributed by atoms with Gasteiger partial charge in [-0.3, -0.25) is 4.79 Å². The highest BCUT2D eigenvalue weighted by Crippen LogP contribution is 2.32. The number of carbonyl (C=O) groups excluding carboxylic acids is 1. The summed E-state index contributed by atoms with van der Waals surface area (Å²) in [6.45, 7) is 1.45. The minimum absolute atomic E-state index is 0.0589. The van der Waals surface area contributed by atoms with E-state index >= 15 is 0 Å². The summed E-state index contributed by atoms with van der Waals surface area (Å²) in [6.07, 6.45) is -1.88. The molecule has 1 aromatic carbocycles. The Morgan fingerprint density at radius 1 is 1.39 bits per heavy atom. The molecule has 96 valence electrons. The Balaban J connectivity index is 2.17. The number of thioether (sulfide) groups is 1. The molecule has 1 heterocycles. The first-order valence-corrected chi connectivity index (χ1v) is 7.41. The van der Waals surface area contributed by atoms with Crippen molar-refractivity contribution < 1.29 is 15.0 Å². The minimum atomic E-state index is -0.951. The fraction of sp³-hybridized carbons (Fsp3) is 0.308. The number of fused-ring (bicyclic) bond motifs is 1. The molecule has 3 nitrogen and oxygen atoms in total. The first kappa shape index (κ1) is 13.5. The van der Waals surface area contributed by atoms with E-state index in [-0.39, 0.29) is 10.9 Å². The Morgan fingerprint density at radius 3 is 2.83 bits per heavy atom. The predicted octanol–water partition coefficient (Wildman–Crippen LogP) is 2.58. The Bertz CT molecular complexity index is 550. The highest BCUT2D eigenvalue weighted by molar-refractivity contribution is 8.13. The summed E-state index contributed by atoms with van der Waals surface area (Å²) < 4.78 is 1.08. The van der Waals surface area contributed by atoms with Crippen molar-refractivity contribution in [3.63, 3.8) is 0 Å². The summed E-state index contributed by atoms with van der Waals surface area (Å²) in [5, 5.41) is 22.8. The predicted molar refractivity (Wildman–Crippen MR) is 75.9 cm³/mol. The van der Waals surface area contributed by atoms with Gasteiger partial charge in [-0.15, -0.1) is 11.3 Å². The van der Waals surface area contributed by atoms with Gasteiger partial charge in [0.15, 0.2) is 5.12 Å². The van der Waals surface area contributed by atoms with E-state index in [2.05, 4.69) is 0 Å². The summed E-state index contributed by atoms with van der Waals surface area (Å²) >= 11 is 2.56. The molecule has 1 aromatic heterocycles. The van der Waals surface area contributed by atoms with Crippen molar-refractivity contribution in [3.05, 3.63) is 35.2 Å². The maximum absolute atomic E-state index is 10.8. The number of aliphatic hydroxyl groups is 2. The second-order valence-corrected chi connectivity index (χ2v) is 6.11. The molecule has 0 radical (unpaired) electrons. The first-order chi connectivity index (χ1) is 8.59. The maximum Gasteiger partial charge on any atom is 0.185 e. The second-order valence-electron chi connectivity index (χ2n) is 4.00. The molecule has 18 heavy (non-hydrogen) atoms. The van der Waals surface area contributed by atoms with E-state index in [0.717, 1.165) is 27.4 Å². The van der Waals surface area contributed by atoms with Crippen LogP contribution in [0.5, 0.6) is 0 Å². The zero-order valence-corrected chi connectivity index (χ0v) is 11.5. The van der Waals surface area contributed by atoms with Gasteiger partial charge in [0, 0.05) is 22.9 Å². The number of hydrogen-bond acceptors (Lipinski definition) is 5. The van der Waals surface area contributed by atoms with Crippen LogP contribution in [0.25, 0.3) is 10.1 Å². The van der Waals surface area contributed by atoms with Crippen LogP contribution in [0.3, 0.4) is 0 Å². The van der Waals surface area contributed by atoms with Gasteiger partial charge >= 0.3 is 0 Å². The minimum Gasteiger partial charge on any atom is -0.389 e. The number of aliphatic hydroxyl groups excluding tert-OH is 2. The molecule has 2 unspecified atom stereocenters. The number of rotatable bonds is 4. The smallest absolute Gasteiger partial charge is 0.185 e. The standard InChI is InChI=1S/C13H14O3S2/c1-8(14)17-7-11(15)13(16)10-6-18-12-5-3-2-4-9(10)12/h2-6,11,13,15-16H,7H2,1H3. The van der Waals surface area contributed by atoms with E-state index in [0.29, 0.717) is 0 Å². The van der Waals surface area contributed by atoms with Crippen molar-refractivity contribution in [3.8, 4) is 0 Å². The maximum atomic E-state index is 10.8. The highest BCUT2D eigenvalue weighted by Gasteiger charge is 2.21. The van der Waals surface area contributed by atoms with Crippen LogP contribution in [0.1, 0.15) is 18.6 Å².